The first-order chi connectivity index (χ1) is 9.34. The molecule has 1 fully saturated rings. The van der Waals surface area contributed by atoms with Crippen LogP contribution in [0.4, 0.5) is 5.69 Å². The summed E-state index contributed by atoms with van der Waals surface area (Å²) in [4.78, 5) is 2.40. The van der Waals surface area contributed by atoms with Crippen LogP contribution in [0, 0.1) is 0 Å². The third kappa shape index (κ3) is 2.82. The highest BCUT2D eigenvalue weighted by Gasteiger charge is 2.15. The molecule has 1 aliphatic rings. The second kappa shape index (κ2) is 5.76. The van der Waals surface area contributed by atoms with Gasteiger partial charge in [-0.05, 0) is 23.8 Å². The molecule has 3 heteroatoms. The Hall–Kier alpha value is -1.32. The molecule has 0 spiro atoms. The van der Waals surface area contributed by atoms with E-state index in [0.717, 1.165) is 30.8 Å². The van der Waals surface area contributed by atoms with Crippen LogP contribution in [0.25, 0.3) is 11.1 Å². The summed E-state index contributed by atoms with van der Waals surface area (Å²) in [6, 6.07) is 17.0. The minimum absolute atomic E-state index is 0.812. The molecule has 0 aliphatic carbocycles. The van der Waals surface area contributed by atoms with Gasteiger partial charge >= 0.3 is 0 Å². The summed E-state index contributed by atoms with van der Waals surface area (Å²) in [5.41, 5.74) is 3.83. The molecule has 1 saturated heterocycles. The van der Waals surface area contributed by atoms with Gasteiger partial charge in [-0.25, -0.2) is 0 Å². The maximum absolute atomic E-state index is 5.44. The van der Waals surface area contributed by atoms with Crippen LogP contribution in [0.2, 0.25) is 0 Å². The molecule has 98 valence electrons. The molecule has 0 radical (unpaired) electrons. The van der Waals surface area contributed by atoms with Gasteiger partial charge in [0.1, 0.15) is 0 Å². The average molecular weight is 318 g/mol. The first-order valence-corrected chi connectivity index (χ1v) is 7.31. The molecule has 1 aliphatic heterocycles. The minimum atomic E-state index is 0.812. The zero-order valence-corrected chi connectivity index (χ0v) is 12.3. The van der Waals surface area contributed by atoms with Crippen molar-refractivity contribution >= 4 is 21.6 Å². The zero-order valence-electron chi connectivity index (χ0n) is 10.7. The van der Waals surface area contributed by atoms with E-state index in [-0.39, 0.29) is 0 Å². The van der Waals surface area contributed by atoms with Gasteiger partial charge in [-0.2, -0.15) is 0 Å². The molecule has 0 aromatic heterocycles. The van der Waals surface area contributed by atoms with Crippen LogP contribution < -0.4 is 4.90 Å². The molecule has 0 atom stereocenters. The number of morpholine rings is 1. The second-order valence-corrected chi connectivity index (χ2v) is 5.54. The number of ether oxygens (including phenoxy) is 1. The molecule has 0 unspecified atom stereocenters. The van der Waals surface area contributed by atoms with Crippen molar-refractivity contribution in [3.05, 3.63) is 53.0 Å². The first-order valence-electron chi connectivity index (χ1n) is 6.52. The Morgan fingerprint density at radius 2 is 1.74 bits per heavy atom. The van der Waals surface area contributed by atoms with Crippen LogP contribution in [0.1, 0.15) is 0 Å². The molecule has 0 N–H and O–H groups in total. The topological polar surface area (TPSA) is 12.5 Å². The molecule has 0 amide bonds. The molecule has 1 heterocycles. The van der Waals surface area contributed by atoms with Crippen molar-refractivity contribution in [3.63, 3.8) is 0 Å². The normalized spacial score (nSPS) is 15.5. The molecule has 2 aromatic rings. The summed E-state index contributed by atoms with van der Waals surface area (Å²) in [6.45, 7) is 3.55. The Morgan fingerprint density at radius 3 is 2.53 bits per heavy atom. The smallest absolute Gasteiger partial charge is 0.0642 e. The number of rotatable bonds is 2. The molecule has 19 heavy (non-hydrogen) atoms. The number of para-hydroxylation sites is 1. The van der Waals surface area contributed by atoms with Gasteiger partial charge in [0.15, 0.2) is 0 Å². The Kier molecular flexibility index (Phi) is 3.85. The summed E-state index contributed by atoms with van der Waals surface area (Å²) in [5.74, 6) is 0. The summed E-state index contributed by atoms with van der Waals surface area (Å²) in [7, 11) is 0. The minimum Gasteiger partial charge on any atom is -0.378 e. The average Bonchev–Trinajstić information content (AvgIpc) is 2.48. The Bertz CT molecular complexity index is 564. The maximum Gasteiger partial charge on any atom is 0.0642 e. The van der Waals surface area contributed by atoms with Gasteiger partial charge in [0, 0.05) is 28.8 Å². The third-order valence-electron chi connectivity index (χ3n) is 3.39. The van der Waals surface area contributed by atoms with Crippen LogP contribution in [-0.4, -0.2) is 26.3 Å². The number of halogens is 1. The third-order valence-corrected chi connectivity index (χ3v) is 3.88. The van der Waals surface area contributed by atoms with Crippen molar-refractivity contribution < 1.29 is 4.74 Å². The van der Waals surface area contributed by atoms with Crippen LogP contribution in [0.3, 0.4) is 0 Å². The number of anilines is 1. The summed E-state index contributed by atoms with van der Waals surface area (Å²) < 4.78 is 6.55. The summed E-state index contributed by atoms with van der Waals surface area (Å²) >= 11 is 3.55. The predicted octanol–water partition coefficient (Wildman–Crippen LogP) is 3.95. The van der Waals surface area contributed by atoms with Crippen molar-refractivity contribution in [2.75, 3.05) is 31.2 Å². The van der Waals surface area contributed by atoms with Gasteiger partial charge in [-0.15, -0.1) is 0 Å². The van der Waals surface area contributed by atoms with Crippen LogP contribution >= 0.6 is 15.9 Å². The van der Waals surface area contributed by atoms with Gasteiger partial charge in [0.2, 0.25) is 0 Å². The lowest BCUT2D eigenvalue weighted by atomic mass is 10.0. The van der Waals surface area contributed by atoms with Gasteiger partial charge in [0.25, 0.3) is 0 Å². The Morgan fingerprint density at radius 1 is 0.947 bits per heavy atom. The maximum atomic E-state index is 5.44. The molecule has 2 nitrogen and oxygen atoms in total. The van der Waals surface area contributed by atoms with Crippen molar-refractivity contribution in [3.8, 4) is 11.1 Å². The molecule has 0 saturated carbocycles. The lowest BCUT2D eigenvalue weighted by Crippen LogP contribution is -2.36. The zero-order chi connectivity index (χ0) is 13.1. The SMILES string of the molecule is Brc1cccc(-c2ccccc2N2CCOCC2)c1. The second-order valence-electron chi connectivity index (χ2n) is 4.63. The predicted molar refractivity (Wildman–Crippen MR) is 82.6 cm³/mol. The van der Waals surface area contributed by atoms with E-state index in [4.69, 9.17) is 4.74 Å². The van der Waals surface area contributed by atoms with E-state index in [1.54, 1.807) is 0 Å². The highest BCUT2D eigenvalue weighted by atomic mass is 79.9. The van der Waals surface area contributed by atoms with E-state index < -0.39 is 0 Å². The quantitative estimate of drug-likeness (QED) is 0.831. The van der Waals surface area contributed by atoms with Crippen LogP contribution in [-0.2, 0) is 4.74 Å². The number of nitrogens with zero attached hydrogens (tertiary/aromatic N) is 1. The van der Waals surface area contributed by atoms with E-state index in [1.807, 2.05) is 0 Å². The van der Waals surface area contributed by atoms with E-state index in [1.165, 1.54) is 16.8 Å². The number of benzene rings is 2. The molecule has 3 rings (SSSR count). The van der Waals surface area contributed by atoms with Crippen LogP contribution in [0.15, 0.2) is 53.0 Å². The van der Waals surface area contributed by atoms with Gasteiger partial charge in [-0.1, -0.05) is 46.3 Å². The summed E-state index contributed by atoms with van der Waals surface area (Å²) in [5, 5.41) is 0. The largest absolute Gasteiger partial charge is 0.378 e. The first kappa shape index (κ1) is 12.7. The van der Waals surface area contributed by atoms with Gasteiger partial charge in [0.05, 0.1) is 13.2 Å². The lowest BCUT2D eigenvalue weighted by Gasteiger charge is -2.30. The molecular weight excluding hydrogens is 302 g/mol. The summed E-state index contributed by atoms with van der Waals surface area (Å²) in [6.07, 6.45) is 0. The lowest BCUT2D eigenvalue weighted by molar-refractivity contribution is 0.123. The Labute approximate surface area is 122 Å². The fraction of sp³-hybridized carbons (Fsp3) is 0.250. The number of hydrogen-bond acceptors (Lipinski definition) is 2. The van der Waals surface area contributed by atoms with E-state index in [0.29, 0.717) is 0 Å². The van der Waals surface area contributed by atoms with Gasteiger partial charge in [-0.3, -0.25) is 0 Å². The highest BCUT2D eigenvalue weighted by Crippen LogP contribution is 2.32. The van der Waals surface area contributed by atoms with Crippen LogP contribution in [0.5, 0.6) is 0 Å². The van der Waals surface area contributed by atoms with Crippen molar-refractivity contribution in [1.29, 1.82) is 0 Å². The molecular formula is C16H16BrNO. The van der Waals surface area contributed by atoms with Crippen molar-refractivity contribution in [2.24, 2.45) is 0 Å². The van der Waals surface area contributed by atoms with E-state index in [9.17, 15) is 0 Å². The fourth-order valence-electron chi connectivity index (χ4n) is 2.45. The van der Waals surface area contributed by atoms with E-state index >= 15 is 0 Å². The molecule has 0 bridgehead atoms. The fourth-order valence-corrected chi connectivity index (χ4v) is 2.85. The van der Waals surface area contributed by atoms with Gasteiger partial charge < -0.3 is 9.64 Å². The Balaban J connectivity index is 2.01. The monoisotopic (exact) mass is 317 g/mol. The highest BCUT2D eigenvalue weighted by molar-refractivity contribution is 9.10. The standard InChI is InChI=1S/C16H16BrNO/c17-14-5-3-4-13(12-14)15-6-1-2-7-16(15)18-8-10-19-11-9-18/h1-7,12H,8-11H2. The number of hydrogen-bond donors (Lipinski definition) is 0. The van der Waals surface area contributed by atoms with Crippen molar-refractivity contribution in [1.82, 2.24) is 0 Å². The molecule has 2 aromatic carbocycles. The van der Waals surface area contributed by atoms with E-state index in [2.05, 4.69) is 69.4 Å². The van der Waals surface area contributed by atoms with Crippen molar-refractivity contribution in [2.45, 2.75) is 0 Å².